The third-order valence-corrected chi connectivity index (χ3v) is 3.38. The third-order valence-electron chi connectivity index (χ3n) is 3.38. The first-order chi connectivity index (χ1) is 11.4. The second-order valence-corrected chi connectivity index (χ2v) is 6.30. The fourth-order valence-electron chi connectivity index (χ4n) is 2.09. The van der Waals surface area contributed by atoms with Crippen LogP contribution in [-0.2, 0) is 4.79 Å². The number of rotatable bonds is 7. The largest absolute Gasteiger partial charge is 0.493 e. The van der Waals surface area contributed by atoms with Gasteiger partial charge in [0.1, 0.15) is 11.5 Å². The molecule has 0 bridgehead atoms. The second-order valence-electron chi connectivity index (χ2n) is 6.30. The van der Waals surface area contributed by atoms with Crippen LogP contribution in [0.2, 0.25) is 0 Å². The van der Waals surface area contributed by atoms with Crippen molar-refractivity contribution in [2.24, 2.45) is 5.92 Å². The summed E-state index contributed by atoms with van der Waals surface area (Å²) in [6.45, 7) is 8.60. The van der Waals surface area contributed by atoms with Gasteiger partial charge in [0, 0.05) is 5.69 Å². The predicted molar refractivity (Wildman–Crippen MR) is 96.7 cm³/mol. The minimum atomic E-state index is -0.580. The molecule has 4 nitrogen and oxygen atoms in total. The summed E-state index contributed by atoms with van der Waals surface area (Å²) < 4.78 is 11.3. The first kappa shape index (κ1) is 17.9. The molecule has 1 atom stereocenters. The average molecular weight is 327 g/mol. The molecule has 24 heavy (non-hydrogen) atoms. The van der Waals surface area contributed by atoms with Crippen LogP contribution < -0.4 is 14.8 Å². The van der Waals surface area contributed by atoms with E-state index in [2.05, 4.69) is 19.2 Å². The van der Waals surface area contributed by atoms with Crippen molar-refractivity contribution in [3.63, 3.8) is 0 Å². The smallest absolute Gasteiger partial charge is 0.265 e. The van der Waals surface area contributed by atoms with E-state index < -0.39 is 6.10 Å². The molecule has 4 heteroatoms. The lowest BCUT2D eigenvalue weighted by molar-refractivity contribution is -0.122. The molecule has 2 aromatic rings. The van der Waals surface area contributed by atoms with Gasteiger partial charge < -0.3 is 14.8 Å². The molecule has 0 aliphatic rings. The molecule has 0 unspecified atom stereocenters. The van der Waals surface area contributed by atoms with Crippen molar-refractivity contribution in [2.75, 3.05) is 11.9 Å². The number of amides is 1. The van der Waals surface area contributed by atoms with Gasteiger partial charge in [-0.15, -0.1) is 0 Å². The SMILES string of the molecule is Cc1cccc(O[C@@H](C)C(=O)Nc2ccc(OCC(C)C)cc2)c1. The predicted octanol–water partition coefficient (Wildman–Crippen LogP) is 4.44. The lowest BCUT2D eigenvalue weighted by Gasteiger charge is -2.15. The number of benzene rings is 2. The Balaban J connectivity index is 1.89. The van der Waals surface area contributed by atoms with E-state index in [-0.39, 0.29) is 5.91 Å². The summed E-state index contributed by atoms with van der Waals surface area (Å²) >= 11 is 0. The van der Waals surface area contributed by atoms with E-state index in [1.165, 1.54) is 0 Å². The Labute approximate surface area is 143 Å². The summed E-state index contributed by atoms with van der Waals surface area (Å²) in [5.74, 6) is 1.78. The van der Waals surface area contributed by atoms with Crippen LogP contribution in [-0.4, -0.2) is 18.6 Å². The van der Waals surface area contributed by atoms with Gasteiger partial charge in [0.15, 0.2) is 6.10 Å². The first-order valence-electron chi connectivity index (χ1n) is 8.21. The summed E-state index contributed by atoms with van der Waals surface area (Å²) in [7, 11) is 0. The van der Waals surface area contributed by atoms with E-state index >= 15 is 0 Å². The summed E-state index contributed by atoms with van der Waals surface area (Å²) in [5.41, 5.74) is 1.81. The summed E-state index contributed by atoms with van der Waals surface area (Å²) in [4.78, 5) is 12.2. The Hall–Kier alpha value is -2.49. The van der Waals surface area contributed by atoms with E-state index in [1.807, 2.05) is 55.5 Å². The van der Waals surface area contributed by atoms with Crippen LogP contribution in [0.25, 0.3) is 0 Å². The highest BCUT2D eigenvalue weighted by Gasteiger charge is 2.15. The molecular formula is C20H25NO3. The number of carbonyl (C=O) groups excluding carboxylic acids is 1. The maximum absolute atomic E-state index is 12.2. The molecule has 0 aliphatic heterocycles. The van der Waals surface area contributed by atoms with Gasteiger partial charge in [-0.2, -0.15) is 0 Å². The fourth-order valence-corrected chi connectivity index (χ4v) is 2.09. The van der Waals surface area contributed by atoms with E-state index in [1.54, 1.807) is 6.92 Å². The van der Waals surface area contributed by atoms with Gasteiger partial charge in [0.25, 0.3) is 5.91 Å². The molecule has 1 N–H and O–H groups in total. The standard InChI is InChI=1S/C20H25NO3/c1-14(2)13-23-18-10-8-17(9-11-18)21-20(22)16(4)24-19-7-5-6-15(3)12-19/h5-12,14,16H,13H2,1-4H3,(H,21,22)/t16-/m0/s1. The first-order valence-corrected chi connectivity index (χ1v) is 8.21. The highest BCUT2D eigenvalue weighted by atomic mass is 16.5. The van der Waals surface area contributed by atoms with Crippen LogP contribution in [0, 0.1) is 12.8 Å². The zero-order valence-corrected chi connectivity index (χ0v) is 14.7. The highest BCUT2D eigenvalue weighted by molar-refractivity contribution is 5.94. The Morgan fingerprint density at radius 2 is 1.75 bits per heavy atom. The van der Waals surface area contributed by atoms with Crippen molar-refractivity contribution in [2.45, 2.75) is 33.8 Å². The minimum absolute atomic E-state index is 0.188. The molecule has 0 saturated heterocycles. The molecule has 0 spiro atoms. The van der Waals surface area contributed by atoms with Crippen molar-refractivity contribution in [3.05, 3.63) is 54.1 Å². The molecule has 0 saturated carbocycles. The normalized spacial score (nSPS) is 11.9. The van der Waals surface area contributed by atoms with Crippen LogP contribution in [0.1, 0.15) is 26.3 Å². The van der Waals surface area contributed by atoms with Crippen molar-refractivity contribution in [1.29, 1.82) is 0 Å². The molecule has 0 aliphatic carbocycles. The van der Waals surface area contributed by atoms with Gasteiger partial charge in [0.2, 0.25) is 0 Å². The van der Waals surface area contributed by atoms with Crippen molar-refractivity contribution in [1.82, 2.24) is 0 Å². The van der Waals surface area contributed by atoms with Gasteiger partial charge in [-0.25, -0.2) is 0 Å². The number of ether oxygens (including phenoxy) is 2. The number of aryl methyl sites for hydroxylation is 1. The van der Waals surface area contributed by atoms with Gasteiger partial charge in [-0.05, 0) is 61.7 Å². The Morgan fingerprint density at radius 3 is 2.38 bits per heavy atom. The fraction of sp³-hybridized carbons (Fsp3) is 0.350. The Morgan fingerprint density at radius 1 is 1.04 bits per heavy atom. The number of hydrogen-bond donors (Lipinski definition) is 1. The van der Waals surface area contributed by atoms with E-state index in [9.17, 15) is 4.79 Å². The zero-order valence-electron chi connectivity index (χ0n) is 14.7. The highest BCUT2D eigenvalue weighted by Crippen LogP contribution is 2.18. The van der Waals surface area contributed by atoms with Crippen LogP contribution in [0.3, 0.4) is 0 Å². The molecule has 0 radical (unpaired) electrons. The van der Waals surface area contributed by atoms with Crippen LogP contribution in [0.5, 0.6) is 11.5 Å². The van der Waals surface area contributed by atoms with Crippen LogP contribution in [0.15, 0.2) is 48.5 Å². The number of anilines is 1. The average Bonchev–Trinajstić information content (AvgIpc) is 2.54. The van der Waals surface area contributed by atoms with Gasteiger partial charge >= 0.3 is 0 Å². The maximum Gasteiger partial charge on any atom is 0.265 e. The van der Waals surface area contributed by atoms with Crippen molar-refractivity contribution in [3.8, 4) is 11.5 Å². The number of hydrogen-bond acceptors (Lipinski definition) is 3. The van der Waals surface area contributed by atoms with Crippen LogP contribution in [0.4, 0.5) is 5.69 Å². The topological polar surface area (TPSA) is 47.6 Å². The number of nitrogens with one attached hydrogen (secondary N) is 1. The quantitative estimate of drug-likeness (QED) is 0.818. The van der Waals surface area contributed by atoms with Gasteiger partial charge in [-0.3, -0.25) is 4.79 Å². The van der Waals surface area contributed by atoms with Crippen molar-refractivity contribution >= 4 is 11.6 Å². The summed E-state index contributed by atoms with van der Waals surface area (Å²) in [5, 5.41) is 2.85. The molecule has 0 fully saturated rings. The monoisotopic (exact) mass is 327 g/mol. The summed E-state index contributed by atoms with van der Waals surface area (Å²) in [6.07, 6.45) is -0.580. The molecule has 128 valence electrons. The maximum atomic E-state index is 12.2. The Bertz CT molecular complexity index is 665. The van der Waals surface area contributed by atoms with Gasteiger partial charge in [-0.1, -0.05) is 26.0 Å². The van der Waals surface area contributed by atoms with E-state index in [0.29, 0.717) is 18.3 Å². The van der Waals surface area contributed by atoms with Gasteiger partial charge in [0.05, 0.1) is 6.61 Å². The van der Waals surface area contributed by atoms with E-state index in [0.717, 1.165) is 17.0 Å². The zero-order chi connectivity index (χ0) is 17.5. The second kappa shape index (κ2) is 8.39. The third kappa shape index (κ3) is 5.61. The molecule has 1 amide bonds. The lowest BCUT2D eigenvalue weighted by atomic mass is 10.2. The minimum Gasteiger partial charge on any atom is -0.493 e. The van der Waals surface area contributed by atoms with Crippen LogP contribution >= 0.6 is 0 Å². The molecule has 2 rings (SSSR count). The van der Waals surface area contributed by atoms with E-state index in [4.69, 9.17) is 9.47 Å². The Kier molecular flexibility index (Phi) is 6.24. The number of carbonyl (C=O) groups is 1. The molecule has 2 aromatic carbocycles. The molecule has 0 aromatic heterocycles. The van der Waals surface area contributed by atoms with Crippen molar-refractivity contribution < 1.29 is 14.3 Å². The molecular weight excluding hydrogens is 302 g/mol. The molecule has 0 heterocycles. The lowest BCUT2D eigenvalue weighted by Crippen LogP contribution is -2.30. The summed E-state index contributed by atoms with van der Waals surface area (Å²) in [6, 6.07) is 15.0.